The van der Waals surface area contributed by atoms with Crippen LogP contribution in [0.2, 0.25) is 0 Å². The first-order valence-corrected chi connectivity index (χ1v) is 9.43. The van der Waals surface area contributed by atoms with Gasteiger partial charge in [0.05, 0.1) is 0 Å². The zero-order chi connectivity index (χ0) is 18.5. The van der Waals surface area contributed by atoms with Gasteiger partial charge in [0, 0.05) is 32.3 Å². The largest absolute Gasteiger partial charge is 0.454 e. The number of nitrogens with one attached hydrogen (secondary N) is 1. The molecule has 0 bridgehead atoms. The summed E-state index contributed by atoms with van der Waals surface area (Å²) in [5.41, 5.74) is 3.82. The Morgan fingerprint density at radius 2 is 1.96 bits per heavy atom. The van der Waals surface area contributed by atoms with Crippen molar-refractivity contribution in [2.45, 2.75) is 19.4 Å². The van der Waals surface area contributed by atoms with Crippen LogP contribution in [0.3, 0.4) is 0 Å². The molecule has 2 aliphatic rings. The standard InChI is InChI=1S/C22H24N2O3/c25-22(9-7-17-6-8-20-21(14-17)27-16-26-20)23-11-3-12-24-13-10-18-4-1-2-5-19(18)15-24/h1-2,4-9,14H,3,10-13,15-16H2,(H,23,25)/b9-7-. The summed E-state index contributed by atoms with van der Waals surface area (Å²) in [7, 11) is 0. The molecule has 5 heteroatoms. The average molecular weight is 364 g/mol. The zero-order valence-electron chi connectivity index (χ0n) is 15.3. The summed E-state index contributed by atoms with van der Waals surface area (Å²) in [6.07, 6.45) is 5.42. The number of carbonyl (C=O) groups is 1. The predicted molar refractivity (Wildman–Crippen MR) is 105 cm³/mol. The molecule has 0 radical (unpaired) electrons. The van der Waals surface area contributed by atoms with Gasteiger partial charge in [0.1, 0.15) is 0 Å². The Kier molecular flexibility index (Phi) is 5.39. The molecular formula is C22H24N2O3. The van der Waals surface area contributed by atoms with E-state index in [0.29, 0.717) is 6.54 Å². The smallest absolute Gasteiger partial charge is 0.243 e. The molecule has 2 aromatic carbocycles. The zero-order valence-corrected chi connectivity index (χ0v) is 15.3. The molecule has 1 amide bonds. The lowest BCUT2D eigenvalue weighted by atomic mass is 10.00. The Morgan fingerprint density at radius 1 is 1.11 bits per heavy atom. The minimum Gasteiger partial charge on any atom is -0.454 e. The van der Waals surface area contributed by atoms with E-state index in [1.54, 1.807) is 12.2 Å². The van der Waals surface area contributed by atoms with Gasteiger partial charge in [0.2, 0.25) is 12.7 Å². The van der Waals surface area contributed by atoms with Crippen molar-refractivity contribution in [3.8, 4) is 11.5 Å². The molecule has 5 nitrogen and oxygen atoms in total. The summed E-state index contributed by atoms with van der Waals surface area (Å²) in [4.78, 5) is 14.5. The molecule has 140 valence electrons. The monoisotopic (exact) mass is 364 g/mol. The highest BCUT2D eigenvalue weighted by molar-refractivity contribution is 5.91. The number of nitrogens with zero attached hydrogens (tertiary/aromatic N) is 1. The second kappa shape index (κ2) is 8.27. The van der Waals surface area contributed by atoms with Crippen molar-refractivity contribution in [3.63, 3.8) is 0 Å². The van der Waals surface area contributed by atoms with Crippen LogP contribution in [-0.4, -0.2) is 37.2 Å². The second-order valence-electron chi connectivity index (χ2n) is 6.89. The fourth-order valence-electron chi connectivity index (χ4n) is 3.51. The Morgan fingerprint density at radius 3 is 2.89 bits per heavy atom. The Hall–Kier alpha value is -2.79. The van der Waals surface area contributed by atoms with Crippen molar-refractivity contribution in [3.05, 3.63) is 65.2 Å². The summed E-state index contributed by atoms with van der Waals surface area (Å²) in [6, 6.07) is 14.3. The number of hydrogen-bond donors (Lipinski definition) is 1. The van der Waals surface area contributed by atoms with Gasteiger partial charge in [-0.3, -0.25) is 9.69 Å². The van der Waals surface area contributed by atoms with E-state index in [1.807, 2.05) is 18.2 Å². The minimum atomic E-state index is -0.0725. The molecule has 2 aliphatic heterocycles. The summed E-state index contributed by atoms with van der Waals surface area (Å²) < 4.78 is 10.6. The quantitative estimate of drug-likeness (QED) is 0.632. The highest BCUT2D eigenvalue weighted by Gasteiger charge is 2.15. The lowest BCUT2D eigenvalue weighted by Gasteiger charge is -2.28. The van der Waals surface area contributed by atoms with Gasteiger partial charge in [0.15, 0.2) is 11.5 Å². The molecule has 2 aromatic rings. The summed E-state index contributed by atoms with van der Waals surface area (Å²) in [6.45, 7) is 4.04. The molecule has 0 spiro atoms. The summed E-state index contributed by atoms with van der Waals surface area (Å²) in [5, 5.41) is 2.96. The lowest BCUT2D eigenvalue weighted by Crippen LogP contribution is -2.33. The van der Waals surface area contributed by atoms with Gasteiger partial charge in [-0.05, 0) is 47.7 Å². The first-order chi connectivity index (χ1) is 13.3. The van der Waals surface area contributed by atoms with Crippen LogP contribution in [0.4, 0.5) is 0 Å². The van der Waals surface area contributed by atoms with Crippen LogP contribution >= 0.6 is 0 Å². The van der Waals surface area contributed by atoms with Crippen molar-refractivity contribution in [1.82, 2.24) is 10.2 Å². The number of fused-ring (bicyclic) bond motifs is 2. The van der Waals surface area contributed by atoms with Crippen molar-refractivity contribution in [1.29, 1.82) is 0 Å². The average Bonchev–Trinajstić information content (AvgIpc) is 3.17. The fraction of sp³-hybridized carbons (Fsp3) is 0.318. The van der Waals surface area contributed by atoms with Crippen molar-refractivity contribution >= 4 is 12.0 Å². The molecule has 0 aliphatic carbocycles. The third kappa shape index (κ3) is 4.49. The fourth-order valence-corrected chi connectivity index (χ4v) is 3.51. The van der Waals surface area contributed by atoms with Gasteiger partial charge in [-0.1, -0.05) is 30.3 Å². The molecule has 0 saturated carbocycles. The minimum absolute atomic E-state index is 0.0725. The second-order valence-corrected chi connectivity index (χ2v) is 6.89. The first kappa shape index (κ1) is 17.6. The van der Waals surface area contributed by atoms with Gasteiger partial charge in [-0.25, -0.2) is 0 Å². The highest BCUT2D eigenvalue weighted by atomic mass is 16.7. The molecule has 0 aromatic heterocycles. The van der Waals surface area contributed by atoms with E-state index in [1.165, 1.54) is 11.1 Å². The van der Waals surface area contributed by atoms with Crippen molar-refractivity contribution in [2.24, 2.45) is 0 Å². The molecule has 0 saturated heterocycles. The van der Waals surface area contributed by atoms with Crippen LogP contribution in [0, 0.1) is 0 Å². The van der Waals surface area contributed by atoms with Gasteiger partial charge >= 0.3 is 0 Å². The summed E-state index contributed by atoms with van der Waals surface area (Å²) in [5.74, 6) is 1.40. The number of carbonyl (C=O) groups excluding carboxylic acids is 1. The van der Waals surface area contributed by atoms with Gasteiger partial charge in [-0.15, -0.1) is 0 Å². The van der Waals surface area contributed by atoms with Crippen LogP contribution in [0.15, 0.2) is 48.5 Å². The molecule has 0 unspecified atom stereocenters. The number of benzene rings is 2. The van der Waals surface area contributed by atoms with Crippen LogP contribution in [-0.2, 0) is 17.8 Å². The molecule has 0 fully saturated rings. The maximum absolute atomic E-state index is 12.0. The third-order valence-corrected chi connectivity index (χ3v) is 4.98. The molecule has 4 rings (SSSR count). The molecule has 1 N–H and O–H groups in total. The van der Waals surface area contributed by atoms with E-state index >= 15 is 0 Å². The maximum atomic E-state index is 12.0. The Balaban J connectivity index is 1.18. The van der Waals surface area contributed by atoms with E-state index in [2.05, 4.69) is 34.5 Å². The highest BCUT2D eigenvalue weighted by Crippen LogP contribution is 2.32. The number of hydrogen-bond acceptors (Lipinski definition) is 4. The first-order valence-electron chi connectivity index (χ1n) is 9.43. The van der Waals surface area contributed by atoms with Gasteiger partial charge in [0.25, 0.3) is 0 Å². The van der Waals surface area contributed by atoms with E-state index < -0.39 is 0 Å². The third-order valence-electron chi connectivity index (χ3n) is 4.98. The van der Waals surface area contributed by atoms with E-state index in [-0.39, 0.29) is 12.7 Å². The Bertz CT molecular complexity index is 847. The molecular weight excluding hydrogens is 340 g/mol. The van der Waals surface area contributed by atoms with Gasteiger partial charge in [-0.2, -0.15) is 0 Å². The lowest BCUT2D eigenvalue weighted by molar-refractivity contribution is -0.116. The van der Waals surface area contributed by atoms with Crippen LogP contribution in [0.1, 0.15) is 23.1 Å². The predicted octanol–water partition coefficient (Wildman–Crippen LogP) is 2.99. The Labute approximate surface area is 159 Å². The van der Waals surface area contributed by atoms with E-state index in [9.17, 15) is 4.79 Å². The topological polar surface area (TPSA) is 50.8 Å². The maximum Gasteiger partial charge on any atom is 0.243 e. The van der Waals surface area contributed by atoms with Crippen molar-refractivity contribution < 1.29 is 14.3 Å². The van der Waals surface area contributed by atoms with Gasteiger partial charge < -0.3 is 14.8 Å². The van der Waals surface area contributed by atoms with Crippen LogP contribution in [0.5, 0.6) is 11.5 Å². The number of ether oxygens (including phenoxy) is 2. The number of rotatable bonds is 6. The van der Waals surface area contributed by atoms with Crippen LogP contribution < -0.4 is 14.8 Å². The van der Waals surface area contributed by atoms with Crippen LogP contribution in [0.25, 0.3) is 6.08 Å². The molecule has 0 atom stereocenters. The normalized spacial score (nSPS) is 15.7. The molecule has 2 heterocycles. The van der Waals surface area contributed by atoms with E-state index in [4.69, 9.17) is 9.47 Å². The SMILES string of the molecule is O=C(/C=C\c1ccc2c(c1)OCO2)NCCCN1CCc2ccccc2C1. The van der Waals surface area contributed by atoms with E-state index in [0.717, 1.165) is 49.5 Å². The van der Waals surface area contributed by atoms with Crippen molar-refractivity contribution in [2.75, 3.05) is 26.4 Å². The molecule has 27 heavy (non-hydrogen) atoms. The number of amides is 1. The summed E-state index contributed by atoms with van der Waals surface area (Å²) >= 11 is 0.